The smallest absolute Gasteiger partial charge is 0.254 e. The van der Waals surface area contributed by atoms with Crippen molar-refractivity contribution in [1.29, 1.82) is 0 Å². The van der Waals surface area contributed by atoms with Crippen LogP contribution in [0.1, 0.15) is 25.5 Å². The van der Waals surface area contributed by atoms with Crippen LogP contribution in [0.25, 0.3) is 16.9 Å². The van der Waals surface area contributed by atoms with E-state index in [1.807, 2.05) is 0 Å². The van der Waals surface area contributed by atoms with Gasteiger partial charge in [-0.15, -0.1) is 0 Å². The molecule has 1 aromatic carbocycles. The molecule has 3 aromatic rings. The van der Waals surface area contributed by atoms with Crippen LogP contribution in [-0.4, -0.2) is 39.8 Å². The van der Waals surface area contributed by atoms with Crippen LogP contribution in [0.3, 0.4) is 0 Å². The number of anilines is 1. The molecule has 0 unspecified atom stereocenters. The highest BCUT2D eigenvalue weighted by atomic mass is 19.1. The molecule has 0 radical (unpaired) electrons. The largest absolute Gasteiger partial charge is 0.494 e. The Morgan fingerprint density at radius 3 is 2.59 bits per heavy atom. The molecule has 0 aliphatic carbocycles. The van der Waals surface area contributed by atoms with Gasteiger partial charge in [0.15, 0.2) is 11.6 Å². The topological polar surface area (TPSA) is 55.6 Å². The van der Waals surface area contributed by atoms with Crippen molar-refractivity contribution in [2.75, 3.05) is 25.1 Å². The predicted molar refractivity (Wildman–Crippen MR) is 98.0 cm³/mol. The van der Waals surface area contributed by atoms with Gasteiger partial charge in [-0.05, 0) is 31.7 Å². The molecule has 6 nitrogen and oxygen atoms in total. The minimum atomic E-state index is -0.620. The molecule has 0 amide bonds. The Labute approximate surface area is 155 Å². The Kier molecular flexibility index (Phi) is 4.41. The average Bonchev–Trinajstić information content (AvgIpc) is 3.11. The molecule has 1 aliphatic rings. The first kappa shape index (κ1) is 17.6. The van der Waals surface area contributed by atoms with E-state index < -0.39 is 11.6 Å². The van der Waals surface area contributed by atoms with E-state index in [1.165, 1.54) is 13.4 Å². The zero-order chi connectivity index (χ0) is 19.1. The van der Waals surface area contributed by atoms with E-state index in [-0.39, 0.29) is 11.3 Å². The number of aryl methyl sites for hydroxylation is 1. The number of fused-ring (bicyclic) bond motifs is 1. The molecule has 3 heterocycles. The van der Waals surface area contributed by atoms with Crippen LogP contribution in [0.5, 0.6) is 5.75 Å². The summed E-state index contributed by atoms with van der Waals surface area (Å²) in [6.07, 6.45) is 3.47. The van der Waals surface area contributed by atoms with Crippen LogP contribution < -0.4 is 9.64 Å². The van der Waals surface area contributed by atoms with E-state index in [1.54, 1.807) is 11.4 Å². The van der Waals surface area contributed by atoms with Gasteiger partial charge < -0.3 is 9.64 Å². The Morgan fingerprint density at radius 2 is 1.89 bits per heavy atom. The third-order valence-corrected chi connectivity index (χ3v) is 5.18. The van der Waals surface area contributed by atoms with E-state index in [2.05, 4.69) is 26.9 Å². The van der Waals surface area contributed by atoms with Crippen molar-refractivity contribution >= 4 is 11.6 Å². The summed E-state index contributed by atoms with van der Waals surface area (Å²) in [5.41, 5.74) is 1.25. The molecule has 0 saturated carbocycles. The summed E-state index contributed by atoms with van der Waals surface area (Å²) in [7, 11) is 1.31. The van der Waals surface area contributed by atoms with Gasteiger partial charge in [-0.2, -0.15) is 14.6 Å². The van der Waals surface area contributed by atoms with Gasteiger partial charge in [-0.1, -0.05) is 6.92 Å². The molecule has 0 atom stereocenters. The Bertz CT molecular complexity index is 995. The third-order valence-electron chi connectivity index (χ3n) is 5.18. The van der Waals surface area contributed by atoms with Crippen molar-refractivity contribution in [2.24, 2.45) is 5.92 Å². The van der Waals surface area contributed by atoms with Crippen LogP contribution in [0.4, 0.5) is 14.6 Å². The third kappa shape index (κ3) is 2.98. The lowest BCUT2D eigenvalue weighted by molar-refractivity contribution is 0.383. The molecule has 0 bridgehead atoms. The summed E-state index contributed by atoms with van der Waals surface area (Å²) in [6, 6.07) is 2.23. The summed E-state index contributed by atoms with van der Waals surface area (Å²) in [6.45, 7) is 5.63. The van der Waals surface area contributed by atoms with E-state index >= 15 is 0 Å². The highest BCUT2D eigenvalue weighted by molar-refractivity contribution is 5.80. The van der Waals surface area contributed by atoms with Gasteiger partial charge in [-0.3, -0.25) is 0 Å². The number of ether oxygens (including phenoxy) is 1. The Balaban J connectivity index is 1.96. The van der Waals surface area contributed by atoms with Gasteiger partial charge in [0.1, 0.15) is 18.0 Å². The second-order valence-corrected chi connectivity index (χ2v) is 7.00. The average molecular weight is 373 g/mol. The first-order chi connectivity index (χ1) is 13.0. The number of aromatic nitrogens is 4. The zero-order valence-corrected chi connectivity index (χ0v) is 15.5. The monoisotopic (exact) mass is 373 g/mol. The Hall–Kier alpha value is -2.77. The number of methoxy groups -OCH3 is 1. The quantitative estimate of drug-likeness (QED) is 0.702. The van der Waals surface area contributed by atoms with Gasteiger partial charge in [0.2, 0.25) is 0 Å². The highest BCUT2D eigenvalue weighted by Crippen LogP contribution is 2.38. The summed E-state index contributed by atoms with van der Waals surface area (Å²) in [5.74, 6) is 0.463. The summed E-state index contributed by atoms with van der Waals surface area (Å²) >= 11 is 0. The number of hydrogen-bond acceptors (Lipinski definition) is 5. The first-order valence-electron chi connectivity index (χ1n) is 8.98. The van der Waals surface area contributed by atoms with E-state index in [4.69, 9.17) is 4.74 Å². The number of nitrogens with zero attached hydrogens (tertiary/aromatic N) is 5. The molecule has 1 saturated heterocycles. The first-order valence-corrected chi connectivity index (χ1v) is 8.98. The van der Waals surface area contributed by atoms with Gasteiger partial charge >= 0.3 is 0 Å². The molecule has 1 fully saturated rings. The SMILES string of the molecule is COc1cc(F)c(-c2c(C)nc3ncnn3c2N2CCC(C)CC2)cc1F. The molecule has 4 rings (SSSR count). The minimum Gasteiger partial charge on any atom is -0.494 e. The fraction of sp³-hybridized carbons (Fsp3) is 0.421. The number of benzene rings is 1. The number of piperidine rings is 1. The Morgan fingerprint density at radius 1 is 1.15 bits per heavy atom. The number of hydrogen-bond donors (Lipinski definition) is 0. The van der Waals surface area contributed by atoms with Gasteiger partial charge in [-0.25, -0.2) is 13.8 Å². The normalized spacial score (nSPS) is 15.5. The van der Waals surface area contributed by atoms with Gasteiger partial charge in [0.25, 0.3) is 5.78 Å². The number of rotatable bonds is 3. The summed E-state index contributed by atoms with van der Waals surface area (Å²) < 4.78 is 35.8. The standard InChI is InChI=1S/C19H21F2N5O/c1-11-4-6-25(7-5-11)18-17(12(2)24-19-22-10-23-26(18)19)13-8-15(21)16(27-3)9-14(13)20/h8-11H,4-7H2,1-3H3. The van der Waals surface area contributed by atoms with Crippen molar-refractivity contribution in [2.45, 2.75) is 26.7 Å². The van der Waals surface area contributed by atoms with Crippen LogP contribution >= 0.6 is 0 Å². The van der Waals surface area contributed by atoms with Crippen molar-refractivity contribution in [3.05, 3.63) is 35.8 Å². The molecule has 8 heteroatoms. The maximum absolute atomic E-state index is 14.9. The molecule has 0 spiro atoms. The minimum absolute atomic E-state index is 0.128. The lowest BCUT2D eigenvalue weighted by Gasteiger charge is -2.33. The highest BCUT2D eigenvalue weighted by Gasteiger charge is 2.26. The van der Waals surface area contributed by atoms with E-state index in [0.29, 0.717) is 28.8 Å². The second kappa shape index (κ2) is 6.75. The van der Waals surface area contributed by atoms with Crippen molar-refractivity contribution < 1.29 is 13.5 Å². The summed E-state index contributed by atoms with van der Waals surface area (Å²) in [4.78, 5) is 10.8. The van der Waals surface area contributed by atoms with Crippen LogP contribution in [-0.2, 0) is 0 Å². The molecular formula is C19H21F2N5O. The fourth-order valence-electron chi connectivity index (χ4n) is 3.64. The van der Waals surface area contributed by atoms with E-state index in [9.17, 15) is 8.78 Å². The lowest BCUT2D eigenvalue weighted by Crippen LogP contribution is -2.35. The molecule has 2 aromatic heterocycles. The predicted octanol–water partition coefficient (Wildman–Crippen LogP) is 3.62. The molecule has 142 valence electrons. The van der Waals surface area contributed by atoms with Gasteiger partial charge in [0.05, 0.1) is 12.8 Å². The molecular weight excluding hydrogens is 352 g/mol. The molecule has 1 aliphatic heterocycles. The van der Waals surface area contributed by atoms with Gasteiger partial charge in [0, 0.05) is 30.3 Å². The molecule has 0 N–H and O–H groups in total. The van der Waals surface area contributed by atoms with Crippen LogP contribution in [0, 0.1) is 24.5 Å². The van der Waals surface area contributed by atoms with E-state index in [0.717, 1.165) is 38.1 Å². The van der Waals surface area contributed by atoms with Crippen molar-refractivity contribution in [3.8, 4) is 16.9 Å². The fourth-order valence-corrected chi connectivity index (χ4v) is 3.64. The molecule has 27 heavy (non-hydrogen) atoms. The van der Waals surface area contributed by atoms with Crippen molar-refractivity contribution in [1.82, 2.24) is 19.6 Å². The number of halogens is 2. The maximum Gasteiger partial charge on any atom is 0.254 e. The second-order valence-electron chi connectivity index (χ2n) is 7.00. The van der Waals surface area contributed by atoms with Crippen LogP contribution in [0.2, 0.25) is 0 Å². The van der Waals surface area contributed by atoms with Crippen molar-refractivity contribution in [3.63, 3.8) is 0 Å². The zero-order valence-electron chi connectivity index (χ0n) is 15.5. The van der Waals surface area contributed by atoms with Crippen LogP contribution in [0.15, 0.2) is 18.5 Å². The summed E-state index contributed by atoms with van der Waals surface area (Å²) in [5, 5.41) is 4.29. The maximum atomic E-state index is 14.9. The lowest BCUT2D eigenvalue weighted by atomic mass is 9.97.